The first-order valence-electron chi connectivity index (χ1n) is 6.17. The molecule has 2 N–H and O–H groups in total. The summed E-state index contributed by atoms with van der Waals surface area (Å²) in [5, 5.41) is 11.6. The van der Waals surface area contributed by atoms with Gasteiger partial charge in [0.05, 0.1) is 13.5 Å². The Morgan fingerprint density at radius 1 is 1.60 bits per heavy atom. The van der Waals surface area contributed by atoms with Crippen LogP contribution in [0.2, 0.25) is 0 Å². The van der Waals surface area contributed by atoms with Crippen LogP contribution in [0.5, 0.6) is 5.88 Å². The number of carboxylic acid groups (broad SMARTS) is 1. The smallest absolute Gasteiger partial charge is 0.305 e. The lowest BCUT2D eigenvalue weighted by atomic mass is 10.1. The van der Waals surface area contributed by atoms with Crippen molar-refractivity contribution >= 4 is 17.8 Å². The van der Waals surface area contributed by atoms with Crippen molar-refractivity contribution in [1.82, 2.24) is 15.3 Å². The first-order valence-corrected chi connectivity index (χ1v) is 6.17. The number of carboxylic acids is 1. The van der Waals surface area contributed by atoms with Crippen LogP contribution in [0.3, 0.4) is 0 Å². The summed E-state index contributed by atoms with van der Waals surface area (Å²) in [5.41, 5.74) is 0.687. The molecule has 1 aromatic heterocycles. The second-order valence-corrected chi connectivity index (χ2v) is 4.45. The summed E-state index contributed by atoms with van der Waals surface area (Å²) >= 11 is 0. The van der Waals surface area contributed by atoms with Gasteiger partial charge in [-0.15, -0.1) is 0 Å². The molecule has 0 aliphatic carbocycles. The number of nitrogens with one attached hydrogen (secondary N) is 1. The first kappa shape index (κ1) is 14.0. The van der Waals surface area contributed by atoms with Crippen molar-refractivity contribution in [2.24, 2.45) is 0 Å². The minimum Gasteiger partial charge on any atom is -0.481 e. The third kappa shape index (κ3) is 2.95. The highest BCUT2D eigenvalue weighted by atomic mass is 16.5. The Labute approximate surface area is 115 Å². The number of rotatable bonds is 4. The maximum atomic E-state index is 11.8. The van der Waals surface area contributed by atoms with E-state index in [1.54, 1.807) is 17.9 Å². The van der Waals surface area contributed by atoms with Crippen LogP contribution in [0.1, 0.15) is 12.1 Å². The first-order chi connectivity index (χ1) is 9.51. The van der Waals surface area contributed by atoms with Crippen LogP contribution in [-0.4, -0.2) is 53.2 Å². The number of ether oxygens (including phenoxy) is 1. The lowest BCUT2D eigenvalue weighted by Gasteiger charge is -2.34. The second kappa shape index (κ2) is 5.72. The van der Waals surface area contributed by atoms with E-state index < -0.39 is 12.0 Å². The van der Waals surface area contributed by atoms with Gasteiger partial charge in [-0.2, -0.15) is 4.98 Å². The zero-order valence-electron chi connectivity index (χ0n) is 11.3. The van der Waals surface area contributed by atoms with Gasteiger partial charge in [0, 0.05) is 24.8 Å². The van der Waals surface area contributed by atoms with Gasteiger partial charge in [-0.3, -0.25) is 9.59 Å². The van der Waals surface area contributed by atoms with Crippen LogP contribution in [0.4, 0.5) is 5.95 Å². The quantitative estimate of drug-likeness (QED) is 0.771. The van der Waals surface area contributed by atoms with Crippen molar-refractivity contribution in [3.8, 4) is 5.88 Å². The molecule has 1 aliphatic rings. The van der Waals surface area contributed by atoms with Crippen molar-refractivity contribution in [2.45, 2.75) is 19.4 Å². The van der Waals surface area contributed by atoms with Crippen molar-refractivity contribution < 1.29 is 19.4 Å². The highest BCUT2D eigenvalue weighted by Crippen LogP contribution is 2.20. The minimum absolute atomic E-state index is 0.300. The van der Waals surface area contributed by atoms with Gasteiger partial charge in [0.15, 0.2) is 0 Å². The molecule has 8 nitrogen and oxygen atoms in total. The number of carbonyl (C=O) groups excluding carboxylic acids is 1. The van der Waals surface area contributed by atoms with Crippen LogP contribution in [0.25, 0.3) is 0 Å². The molecule has 1 fully saturated rings. The summed E-state index contributed by atoms with van der Waals surface area (Å²) in [5.74, 6) is -0.685. The van der Waals surface area contributed by atoms with Crippen LogP contribution < -0.4 is 15.0 Å². The number of amides is 1. The molecular formula is C12H16N4O4. The Kier molecular flexibility index (Phi) is 4.02. The predicted molar refractivity (Wildman–Crippen MR) is 69.7 cm³/mol. The molecule has 1 amide bonds. The number of hydrogen-bond donors (Lipinski definition) is 2. The van der Waals surface area contributed by atoms with Gasteiger partial charge in [-0.1, -0.05) is 0 Å². The van der Waals surface area contributed by atoms with E-state index in [0.717, 1.165) is 0 Å². The topological polar surface area (TPSA) is 105 Å². The number of methoxy groups -OCH3 is 1. The van der Waals surface area contributed by atoms with Gasteiger partial charge in [0.25, 0.3) is 0 Å². The Hall–Kier alpha value is -2.38. The molecule has 8 heteroatoms. The standard InChI is InChI=1S/C12H16N4O4/c1-7-5-9(20-2)15-12(14-7)16-4-3-13-11(19)8(16)6-10(17)18/h5,8H,3-4,6H2,1-2H3,(H,13,19)(H,17,18). The molecule has 0 spiro atoms. The zero-order chi connectivity index (χ0) is 14.7. The van der Waals surface area contributed by atoms with Crippen molar-refractivity contribution in [1.29, 1.82) is 0 Å². The Bertz CT molecular complexity index is 534. The Balaban J connectivity index is 2.34. The van der Waals surface area contributed by atoms with Gasteiger partial charge in [-0.05, 0) is 6.92 Å². The van der Waals surface area contributed by atoms with Crippen LogP contribution in [0.15, 0.2) is 6.07 Å². The molecule has 0 bridgehead atoms. The number of hydrogen-bond acceptors (Lipinski definition) is 6. The number of carbonyl (C=O) groups is 2. The normalized spacial score (nSPS) is 18.6. The van der Waals surface area contributed by atoms with Crippen molar-refractivity contribution in [2.75, 3.05) is 25.1 Å². The van der Waals surface area contributed by atoms with Gasteiger partial charge < -0.3 is 20.1 Å². The van der Waals surface area contributed by atoms with E-state index >= 15 is 0 Å². The van der Waals surface area contributed by atoms with E-state index in [0.29, 0.717) is 30.6 Å². The van der Waals surface area contributed by atoms with Gasteiger partial charge in [0.1, 0.15) is 6.04 Å². The van der Waals surface area contributed by atoms with E-state index in [1.807, 2.05) is 0 Å². The summed E-state index contributed by atoms with van der Waals surface area (Å²) in [6.07, 6.45) is -0.300. The fourth-order valence-corrected chi connectivity index (χ4v) is 2.08. The van der Waals surface area contributed by atoms with E-state index in [-0.39, 0.29) is 12.3 Å². The average Bonchev–Trinajstić information content (AvgIpc) is 2.39. The van der Waals surface area contributed by atoms with E-state index in [4.69, 9.17) is 9.84 Å². The molecule has 0 radical (unpaired) electrons. The molecule has 1 aliphatic heterocycles. The number of aliphatic carboxylic acids is 1. The van der Waals surface area contributed by atoms with E-state index in [1.165, 1.54) is 7.11 Å². The minimum atomic E-state index is -1.04. The van der Waals surface area contributed by atoms with Gasteiger partial charge >= 0.3 is 5.97 Å². The molecule has 2 heterocycles. The molecule has 1 saturated heterocycles. The maximum Gasteiger partial charge on any atom is 0.305 e. The molecule has 2 rings (SSSR count). The number of piperazine rings is 1. The lowest BCUT2D eigenvalue weighted by molar-refractivity contribution is -0.139. The maximum absolute atomic E-state index is 11.8. The van der Waals surface area contributed by atoms with Gasteiger partial charge in [0.2, 0.25) is 17.7 Å². The predicted octanol–water partition coefficient (Wildman–Crippen LogP) is -0.427. The summed E-state index contributed by atoms with van der Waals surface area (Å²) in [6.45, 7) is 2.66. The second-order valence-electron chi connectivity index (χ2n) is 4.45. The SMILES string of the molecule is COc1cc(C)nc(N2CCNC(=O)C2CC(=O)O)n1. The van der Waals surface area contributed by atoms with Gasteiger partial charge in [-0.25, -0.2) is 4.98 Å². The summed E-state index contributed by atoms with van der Waals surface area (Å²) < 4.78 is 5.08. The summed E-state index contributed by atoms with van der Waals surface area (Å²) in [4.78, 5) is 32.8. The molecule has 0 saturated carbocycles. The number of anilines is 1. The molecule has 108 valence electrons. The Morgan fingerprint density at radius 3 is 3.00 bits per heavy atom. The van der Waals surface area contributed by atoms with Crippen LogP contribution >= 0.6 is 0 Å². The highest BCUT2D eigenvalue weighted by molar-refractivity contribution is 5.89. The highest BCUT2D eigenvalue weighted by Gasteiger charge is 2.33. The third-order valence-electron chi connectivity index (χ3n) is 2.98. The van der Waals surface area contributed by atoms with Crippen LogP contribution in [-0.2, 0) is 9.59 Å². The molecule has 1 aromatic rings. The molecular weight excluding hydrogens is 264 g/mol. The molecule has 20 heavy (non-hydrogen) atoms. The number of aromatic nitrogens is 2. The van der Waals surface area contributed by atoms with Crippen LogP contribution in [0, 0.1) is 6.92 Å². The van der Waals surface area contributed by atoms with E-state index in [9.17, 15) is 9.59 Å². The third-order valence-corrected chi connectivity index (χ3v) is 2.98. The molecule has 1 atom stereocenters. The molecule has 0 aromatic carbocycles. The fraction of sp³-hybridized carbons (Fsp3) is 0.500. The van der Waals surface area contributed by atoms with E-state index in [2.05, 4.69) is 15.3 Å². The number of nitrogens with zero attached hydrogens (tertiary/aromatic N) is 3. The van der Waals surface area contributed by atoms with Crippen molar-refractivity contribution in [3.63, 3.8) is 0 Å². The zero-order valence-corrected chi connectivity index (χ0v) is 11.3. The fourth-order valence-electron chi connectivity index (χ4n) is 2.08. The number of aryl methyl sites for hydroxylation is 1. The van der Waals surface area contributed by atoms with Crippen molar-refractivity contribution in [3.05, 3.63) is 11.8 Å². The summed E-state index contributed by atoms with van der Waals surface area (Å²) in [7, 11) is 1.49. The average molecular weight is 280 g/mol. The monoisotopic (exact) mass is 280 g/mol. The summed E-state index contributed by atoms with van der Waals surface area (Å²) in [6, 6.07) is 0.854. The lowest BCUT2D eigenvalue weighted by Crippen LogP contribution is -2.56. The Morgan fingerprint density at radius 2 is 2.35 bits per heavy atom. The largest absolute Gasteiger partial charge is 0.481 e. The molecule has 1 unspecified atom stereocenters.